The molecule has 0 aliphatic carbocycles. The van der Waals surface area contributed by atoms with Gasteiger partial charge in [0.05, 0.1) is 0 Å². The molecular weight excluding hydrogens is 191 g/mol. The molecule has 0 nitrogen and oxygen atoms in total. The zero-order valence-electron chi connectivity index (χ0n) is 9.69. The molecule has 0 aliphatic heterocycles. The lowest BCUT2D eigenvalue weighted by atomic mass is 9.66. The molecule has 0 saturated heterocycles. The maximum absolute atomic E-state index is 2.29. The molecule has 2 aromatic carbocycles. The van der Waals surface area contributed by atoms with E-state index < -0.39 is 0 Å². The molecule has 0 heterocycles. The van der Waals surface area contributed by atoms with E-state index in [1.165, 1.54) is 16.6 Å². The summed E-state index contributed by atoms with van der Waals surface area (Å²) in [6.07, 6.45) is 2.23. The van der Waals surface area contributed by atoms with E-state index in [0.717, 1.165) is 12.7 Å². The standard InChI is InChI=1S/C15H16B/c1-13-6-5-7-14(12-13)10-11-16-15-8-3-2-4-9-15/h2-9,12H,10-11H2,1H3. The summed E-state index contributed by atoms with van der Waals surface area (Å²) >= 11 is 0. The highest BCUT2D eigenvalue weighted by Gasteiger charge is 1.96. The summed E-state index contributed by atoms with van der Waals surface area (Å²) in [6, 6.07) is 19.3. The molecule has 2 rings (SSSR count). The Labute approximate surface area is 98.6 Å². The van der Waals surface area contributed by atoms with Gasteiger partial charge in [0, 0.05) is 0 Å². The van der Waals surface area contributed by atoms with E-state index in [-0.39, 0.29) is 0 Å². The summed E-state index contributed by atoms with van der Waals surface area (Å²) in [6.45, 7) is 2.14. The minimum atomic E-state index is 1.10. The van der Waals surface area contributed by atoms with Crippen LogP contribution in [-0.2, 0) is 6.42 Å². The van der Waals surface area contributed by atoms with Crippen LogP contribution in [0.2, 0.25) is 6.32 Å². The lowest BCUT2D eigenvalue weighted by molar-refractivity contribution is 1.12. The predicted molar refractivity (Wildman–Crippen MR) is 71.5 cm³/mol. The van der Waals surface area contributed by atoms with E-state index >= 15 is 0 Å². The average molecular weight is 207 g/mol. The molecule has 1 heteroatoms. The van der Waals surface area contributed by atoms with E-state index in [0.29, 0.717) is 0 Å². The number of benzene rings is 2. The fraction of sp³-hybridized carbons (Fsp3) is 0.200. The Balaban J connectivity index is 1.85. The van der Waals surface area contributed by atoms with Gasteiger partial charge in [0.15, 0.2) is 7.28 Å². The largest absolute Gasteiger partial charge is 0.151 e. The van der Waals surface area contributed by atoms with Crippen molar-refractivity contribution >= 4 is 12.7 Å². The average Bonchev–Trinajstić information content (AvgIpc) is 2.30. The molecule has 0 spiro atoms. The fourth-order valence-corrected chi connectivity index (χ4v) is 1.86. The SMILES string of the molecule is Cc1cccc(CC[B]c2ccccc2)c1. The second-order valence-corrected chi connectivity index (χ2v) is 4.14. The van der Waals surface area contributed by atoms with Crippen LogP contribution in [0, 0.1) is 6.92 Å². The second kappa shape index (κ2) is 5.55. The van der Waals surface area contributed by atoms with Crippen molar-refractivity contribution in [2.24, 2.45) is 0 Å². The first-order chi connectivity index (χ1) is 7.84. The van der Waals surface area contributed by atoms with Gasteiger partial charge in [-0.1, -0.05) is 71.9 Å². The molecule has 16 heavy (non-hydrogen) atoms. The molecule has 1 radical (unpaired) electrons. The summed E-state index contributed by atoms with van der Waals surface area (Å²) in [7, 11) is 2.29. The van der Waals surface area contributed by atoms with Crippen molar-refractivity contribution in [3.05, 3.63) is 65.7 Å². The predicted octanol–water partition coefficient (Wildman–Crippen LogP) is 2.99. The Hall–Kier alpha value is -1.50. The summed E-state index contributed by atoms with van der Waals surface area (Å²) < 4.78 is 0. The summed E-state index contributed by atoms with van der Waals surface area (Å²) in [5.74, 6) is 0. The van der Waals surface area contributed by atoms with Crippen molar-refractivity contribution in [2.45, 2.75) is 19.7 Å². The van der Waals surface area contributed by atoms with Gasteiger partial charge >= 0.3 is 0 Å². The van der Waals surface area contributed by atoms with Crippen LogP contribution in [0.5, 0.6) is 0 Å². The summed E-state index contributed by atoms with van der Waals surface area (Å²) in [5, 5.41) is 0. The molecule has 0 N–H and O–H groups in total. The normalized spacial score (nSPS) is 10.1. The van der Waals surface area contributed by atoms with Crippen LogP contribution in [0.4, 0.5) is 0 Å². The van der Waals surface area contributed by atoms with Gasteiger partial charge < -0.3 is 0 Å². The fourth-order valence-electron chi connectivity index (χ4n) is 1.86. The van der Waals surface area contributed by atoms with Crippen LogP contribution < -0.4 is 5.46 Å². The summed E-state index contributed by atoms with van der Waals surface area (Å²) in [4.78, 5) is 0. The molecule has 0 amide bonds. The van der Waals surface area contributed by atoms with Crippen molar-refractivity contribution in [3.63, 3.8) is 0 Å². The van der Waals surface area contributed by atoms with E-state index in [9.17, 15) is 0 Å². The van der Waals surface area contributed by atoms with Crippen LogP contribution in [0.15, 0.2) is 54.6 Å². The highest BCUT2D eigenvalue weighted by molar-refractivity contribution is 6.53. The van der Waals surface area contributed by atoms with Crippen LogP contribution in [0.25, 0.3) is 0 Å². The van der Waals surface area contributed by atoms with Crippen molar-refractivity contribution < 1.29 is 0 Å². The third kappa shape index (κ3) is 3.27. The Bertz CT molecular complexity index is 434. The molecule has 2 aromatic rings. The zero-order valence-corrected chi connectivity index (χ0v) is 9.69. The molecule has 0 fully saturated rings. The van der Waals surface area contributed by atoms with Gasteiger partial charge in [-0.05, 0) is 18.9 Å². The van der Waals surface area contributed by atoms with Crippen LogP contribution in [0.1, 0.15) is 11.1 Å². The third-order valence-electron chi connectivity index (χ3n) is 2.70. The highest BCUT2D eigenvalue weighted by atomic mass is 13.9. The van der Waals surface area contributed by atoms with E-state index in [1.807, 2.05) is 0 Å². The maximum Gasteiger partial charge on any atom is 0.151 e. The molecule has 0 aromatic heterocycles. The van der Waals surface area contributed by atoms with Crippen molar-refractivity contribution in [2.75, 3.05) is 0 Å². The minimum absolute atomic E-state index is 1.10. The smallest absolute Gasteiger partial charge is 0.0878 e. The topological polar surface area (TPSA) is 0 Å². The van der Waals surface area contributed by atoms with Crippen LogP contribution >= 0.6 is 0 Å². The highest BCUT2D eigenvalue weighted by Crippen LogP contribution is 2.06. The number of hydrogen-bond acceptors (Lipinski definition) is 0. The Morgan fingerprint density at radius 3 is 2.50 bits per heavy atom. The maximum atomic E-state index is 2.29. The lowest BCUT2D eigenvalue weighted by Gasteiger charge is -2.02. The molecule has 79 valence electrons. The molecule has 0 bridgehead atoms. The van der Waals surface area contributed by atoms with E-state index in [1.54, 1.807) is 0 Å². The monoisotopic (exact) mass is 207 g/mol. The van der Waals surface area contributed by atoms with Gasteiger partial charge in [0.25, 0.3) is 0 Å². The quantitative estimate of drug-likeness (QED) is 0.676. The summed E-state index contributed by atoms with van der Waals surface area (Å²) in [5.41, 5.74) is 4.08. The first-order valence-electron chi connectivity index (χ1n) is 5.78. The second-order valence-electron chi connectivity index (χ2n) is 4.14. The molecular formula is C15H16B. The van der Waals surface area contributed by atoms with Gasteiger partial charge in [0.2, 0.25) is 0 Å². The third-order valence-corrected chi connectivity index (χ3v) is 2.70. The molecule has 0 unspecified atom stereocenters. The van der Waals surface area contributed by atoms with Crippen LogP contribution in [0.3, 0.4) is 0 Å². The zero-order chi connectivity index (χ0) is 11.2. The Morgan fingerprint density at radius 1 is 0.938 bits per heavy atom. The van der Waals surface area contributed by atoms with Gasteiger partial charge in [-0.2, -0.15) is 0 Å². The Morgan fingerprint density at radius 2 is 1.75 bits per heavy atom. The van der Waals surface area contributed by atoms with E-state index in [4.69, 9.17) is 0 Å². The number of hydrogen-bond donors (Lipinski definition) is 0. The van der Waals surface area contributed by atoms with Gasteiger partial charge in [0.1, 0.15) is 0 Å². The molecule has 0 aliphatic rings. The van der Waals surface area contributed by atoms with Gasteiger partial charge in [-0.15, -0.1) is 0 Å². The van der Waals surface area contributed by atoms with Gasteiger partial charge in [-0.3, -0.25) is 0 Å². The Kier molecular flexibility index (Phi) is 3.82. The van der Waals surface area contributed by atoms with Crippen molar-refractivity contribution in [1.29, 1.82) is 0 Å². The number of rotatable bonds is 4. The molecule has 0 saturated carbocycles. The first-order valence-corrected chi connectivity index (χ1v) is 5.78. The minimum Gasteiger partial charge on any atom is -0.0878 e. The molecule has 0 atom stereocenters. The first kappa shape index (κ1) is 11.0. The van der Waals surface area contributed by atoms with Gasteiger partial charge in [-0.25, -0.2) is 0 Å². The number of aryl methyl sites for hydroxylation is 2. The van der Waals surface area contributed by atoms with Crippen LogP contribution in [-0.4, -0.2) is 7.28 Å². The van der Waals surface area contributed by atoms with Crippen molar-refractivity contribution in [1.82, 2.24) is 0 Å². The van der Waals surface area contributed by atoms with E-state index in [2.05, 4.69) is 68.8 Å². The lowest BCUT2D eigenvalue weighted by Crippen LogP contribution is -2.13. The van der Waals surface area contributed by atoms with Crippen molar-refractivity contribution in [3.8, 4) is 0 Å².